The van der Waals surface area contributed by atoms with Crippen LogP contribution in [0.4, 0.5) is 5.69 Å². The number of para-hydroxylation sites is 1. The van der Waals surface area contributed by atoms with Crippen LogP contribution in [0.25, 0.3) is 0 Å². The Morgan fingerprint density at radius 3 is 2.52 bits per heavy atom. The van der Waals surface area contributed by atoms with Crippen molar-refractivity contribution in [1.29, 1.82) is 5.26 Å². The minimum atomic E-state index is -0.477. The molecular formula is C21H21N3O3. The van der Waals surface area contributed by atoms with Gasteiger partial charge < -0.3 is 15.4 Å². The molecule has 0 unspecified atom stereocenters. The van der Waals surface area contributed by atoms with E-state index in [4.69, 9.17) is 4.74 Å². The summed E-state index contributed by atoms with van der Waals surface area (Å²) in [5, 5.41) is 14.8. The Bertz CT molecular complexity index is 854. The van der Waals surface area contributed by atoms with E-state index in [-0.39, 0.29) is 12.2 Å². The van der Waals surface area contributed by atoms with Crippen LogP contribution in [0.3, 0.4) is 0 Å². The van der Waals surface area contributed by atoms with E-state index in [9.17, 15) is 14.9 Å². The molecule has 0 aromatic heterocycles. The molecule has 0 aliphatic carbocycles. The van der Waals surface area contributed by atoms with E-state index in [1.54, 1.807) is 31.2 Å². The van der Waals surface area contributed by atoms with Crippen molar-refractivity contribution in [3.05, 3.63) is 77.5 Å². The molecule has 6 nitrogen and oxygen atoms in total. The average molecular weight is 363 g/mol. The lowest BCUT2D eigenvalue weighted by Crippen LogP contribution is -2.27. The standard InChI is InChI=1S/C21H21N3O3/c1-2-27-21(26)18-10-6-7-11-19(18)24-15-17(14-22)20(25)23-13-12-16-8-4-3-5-9-16/h3-11,15,24H,2,12-13H2,1H3,(H,23,25)/b17-15-. The fourth-order valence-electron chi connectivity index (χ4n) is 2.35. The molecule has 0 radical (unpaired) electrons. The summed E-state index contributed by atoms with van der Waals surface area (Å²) in [6.07, 6.45) is 1.96. The molecule has 0 fully saturated rings. The Kier molecular flexibility index (Phi) is 7.61. The number of nitriles is 1. The maximum absolute atomic E-state index is 12.2. The fraction of sp³-hybridized carbons (Fsp3) is 0.190. The normalized spacial score (nSPS) is 10.6. The summed E-state index contributed by atoms with van der Waals surface area (Å²) in [4.78, 5) is 24.1. The Morgan fingerprint density at radius 2 is 1.81 bits per heavy atom. The molecule has 2 aromatic rings. The van der Waals surface area contributed by atoms with Crippen LogP contribution in [0.15, 0.2) is 66.4 Å². The SMILES string of the molecule is CCOC(=O)c1ccccc1N/C=C(/C#N)C(=O)NCCc1ccccc1. The smallest absolute Gasteiger partial charge is 0.340 e. The number of nitrogens with zero attached hydrogens (tertiary/aromatic N) is 1. The number of esters is 1. The number of benzene rings is 2. The third kappa shape index (κ3) is 6.01. The number of rotatable bonds is 8. The summed E-state index contributed by atoms with van der Waals surface area (Å²) < 4.78 is 5.00. The second kappa shape index (κ2) is 10.4. The summed E-state index contributed by atoms with van der Waals surface area (Å²) in [5.74, 6) is -0.950. The zero-order valence-electron chi connectivity index (χ0n) is 15.1. The molecule has 0 aliphatic heterocycles. The van der Waals surface area contributed by atoms with Crippen molar-refractivity contribution in [2.75, 3.05) is 18.5 Å². The number of amides is 1. The third-order valence-corrected chi connectivity index (χ3v) is 3.70. The quantitative estimate of drug-likeness (QED) is 0.427. The van der Waals surface area contributed by atoms with E-state index in [0.717, 1.165) is 5.56 Å². The van der Waals surface area contributed by atoms with E-state index < -0.39 is 11.9 Å². The highest BCUT2D eigenvalue weighted by Crippen LogP contribution is 2.16. The molecule has 0 atom stereocenters. The maximum Gasteiger partial charge on any atom is 0.340 e. The second-order valence-corrected chi connectivity index (χ2v) is 5.57. The minimum absolute atomic E-state index is 0.0817. The van der Waals surface area contributed by atoms with Crippen LogP contribution in [0.2, 0.25) is 0 Å². The molecule has 0 heterocycles. The molecule has 0 saturated heterocycles. The molecule has 2 N–H and O–H groups in total. The Labute approximate surface area is 158 Å². The summed E-state index contributed by atoms with van der Waals surface area (Å²) in [5.41, 5.74) is 1.81. The molecule has 0 saturated carbocycles. The third-order valence-electron chi connectivity index (χ3n) is 3.70. The van der Waals surface area contributed by atoms with Gasteiger partial charge in [0, 0.05) is 12.7 Å². The van der Waals surface area contributed by atoms with Gasteiger partial charge in [-0.15, -0.1) is 0 Å². The molecule has 27 heavy (non-hydrogen) atoms. The first-order chi connectivity index (χ1) is 13.2. The number of hydrogen-bond acceptors (Lipinski definition) is 5. The molecule has 0 spiro atoms. The van der Waals surface area contributed by atoms with Crippen LogP contribution in [0.1, 0.15) is 22.8 Å². The molecule has 0 bridgehead atoms. The van der Waals surface area contributed by atoms with Crippen molar-refractivity contribution >= 4 is 17.6 Å². The van der Waals surface area contributed by atoms with Gasteiger partial charge in [-0.3, -0.25) is 4.79 Å². The highest BCUT2D eigenvalue weighted by molar-refractivity contribution is 5.98. The first kappa shape index (κ1) is 19.7. The number of carbonyl (C=O) groups excluding carboxylic acids is 2. The van der Waals surface area contributed by atoms with Gasteiger partial charge in [-0.1, -0.05) is 42.5 Å². The summed E-state index contributed by atoms with van der Waals surface area (Å²) in [6, 6.07) is 18.3. The van der Waals surface area contributed by atoms with Crippen LogP contribution in [-0.2, 0) is 16.0 Å². The van der Waals surface area contributed by atoms with Crippen LogP contribution in [0.5, 0.6) is 0 Å². The van der Waals surface area contributed by atoms with Crippen molar-refractivity contribution < 1.29 is 14.3 Å². The Hall–Kier alpha value is -3.59. The van der Waals surface area contributed by atoms with Gasteiger partial charge in [0.2, 0.25) is 0 Å². The van der Waals surface area contributed by atoms with Crippen LogP contribution in [0, 0.1) is 11.3 Å². The number of hydrogen-bond donors (Lipinski definition) is 2. The van der Waals surface area contributed by atoms with Gasteiger partial charge in [0.25, 0.3) is 5.91 Å². The second-order valence-electron chi connectivity index (χ2n) is 5.57. The zero-order valence-corrected chi connectivity index (χ0v) is 15.1. The first-order valence-corrected chi connectivity index (χ1v) is 8.60. The largest absolute Gasteiger partial charge is 0.462 e. The van der Waals surface area contributed by atoms with E-state index in [1.165, 1.54) is 6.20 Å². The summed E-state index contributed by atoms with van der Waals surface area (Å²) in [7, 11) is 0. The van der Waals surface area contributed by atoms with Crippen molar-refractivity contribution in [2.45, 2.75) is 13.3 Å². The van der Waals surface area contributed by atoms with Gasteiger partial charge in [0.05, 0.1) is 17.9 Å². The van der Waals surface area contributed by atoms with Gasteiger partial charge in [-0.2, -0.15) is 5.26 Å². The Morgan fingerprint density at radius 1 is 1.11 bits per heavy atom. The van der Waals surface area contributed by atoms with Crippen molar-refractivity contribution in [3.8, 4) is 6.07 Å². The lowest BCUT2D eigenvalue weighted by molar-refractivity contribution is -0.117. The lowest BCUT2D eigenvalue weighted by atomic mass is 10.1. The topological polar surface area (TPSA) is 91.2 Å². The van der Waals surface area contributed by atoms with Crippen molar-refractivity contribution in [2.24, 2.45) is 0 Å². The van der Waals surface area contributed by atoms with Gasteiger partial charge in [0.15, 0.2) is 0 Å². The van der Waals surface area contributed by atoms with Gasteiger partial charge in [-0.05, 0) is 31.0 Å². The Balaban J connectivity index is 1.99. The molecule has 138 valence electrons. The van der Waals surface area contributed by atoms with E-state index in [0.29, 0.717) is 24.2 Å². The fourth-order valence-corrected chi connectivity index (χ4v) is 2.35. The molecule has 0 aliphatic rings. The number of carbonyl (C=O) groups is 2. The predicted molar refractivity (Wildman–Crippen MR) is 103 cm³/mol. The minimum Gasteiger partial charge on any atom is -0.462 e. The first-order valence-electron chi connectivity index (χ1n) is 8.60. The predicted octanol–water partition coefficient (Wildman–Crippen LogP) is 3.04. The number of ether oxygens (including phenoxy) is 1. The summed E-state index contributed by atoms with van der Waals surface area (Å²) in [6.45, 7) is 2.40. The van der Waals surface area contributed by atoms with E-state index in [1.807, 2.05) is 36.4 Å². The van der Waals surface area contributed by atoms with Crippen molar-refractivity contribution in [3.63, 3.8) is 0 Å². The van der Waals surface area contributed by atoms with Gasteiger partial charge in [0.1, 0.15) is 11.6 Å². The molecule has 2 aromatic carbocycles. The average Bonchev–Trinajstić information content (AvgIpc) is 2.70. The highest BCUT2D eigenvalue weighted by Gasteiger charge is 2.12. The zero-order chi connectivity index (χ0) is 19.5. The number of nitrogens with one attached hydrogen (secondary N) is 2. The molecular weight excluding hydrogens is 342 g/mol. The van der Waals surface area contributed by atoms with E-state index in [2.05, 4.69) is 10.6 Å². The van der Waals surface area contributed by atoms with E-state index >= 15 is 0 Å². The van der Waals surface area contributed by atoms with Gasteiger partial charge >= 0.3 is 5.97 Å². The lowest BCUT2D eigenvalue weighted by Gasteiger charge is -2.09. The molecule has 6 heteroatoms. The van der Waals surface area contributed by atoms with Crippen LogP contribution >= 0.6 is 0 Å². The highest BCUT2D eigenvalue weighted by atomic mass is 16.5. The van der Waals surface area contributed by atoms with Crippen LogP contribution < -0.4 is 10.6 Å². The monoisotopic (exact) mass is 363 g/mol. The molecule has 1 amide bonds. The maximum atomic E-state index is 12.2. The summed E-state index contributed by atoms with van der Waals surface area (Å²) >= 11 is 0. The van der Waals surface area contributed by atoms with Crippen molar-refractivity contribution in [1.82, 2.24) is 5.32 Å². The van der Waals surface area contributed by atoms with Gasteiger partial charge in [-0.25, -0.2) is 4.79 Å². The van der Waals surface area contributed by atoms with Crippen LogP contribution in [-0.4, -0.2) is 25.0 Å². The number of anilines is 1. The molecule has 2 rings (SSSR count).